The van der Waals surface area contributed by atoms with Gasteiger partial charge in [0.15, 0.2) is 5.69 Å². The van der Waals surface area contributed by atoms with E-state index in [1.165, 1.54) is 0 Å². The maximum atomic E-state index is 11.6. The fourth-order valence-corrected chi connectivity index (χ4v) is 2.65. The van der Waals surface area contributed by atoms with Crippen molar-refractivity contribution >= 4 is 23.0 Å². The van der Waals surface area contributed by atoms with E-state index >= 15 is 0 Å². The first-order valence-corrected chi connectivity index (χ1v) is 7.07. The van der Waals surface area contributed by atoms with Gasteiger partial charge in [0.05, 0.1) is 15.4 Å². The number of carbonyl (C=O) groups excluding carboxylic acids is 1. The summed E-state index contributed by atoms with van der Waals surface area (Å²) in [5.41, 5.74) is 0.612. The monoisotopic (exact) mass is 323 g/mol. The number of nitrogen functional groups attached to an aromatic ring is 1. The average Bonchev–Trinajstić information content (AvgIpc) is 2.53. The summed E-state index contributed by atoms with van der Waals surface area (Å²) in [5, 5.41) is 22.7. The van der Waals surface area contributed by atoms with E-state index in [2.05, 4.69) is 6.92 Å². The quantitative estimate of drug-likeness (QED) is 0.368. The number of amides is 1. The number of hydrazine groups is 1. The van der Waals surface area contributed by atoms with Crippen molar-refractivity contribution in [3.05, 3.63) is 37.9 Å². The summed E-state index contributed by atoms with van der Waals surface area (Å²) in [5.74, 6) is 4.64. The summed E-state index contributed by atoms with van der Waals surface area (Å²) in [4.78, 5) is 34.5. The van der Waals surface area contributed by atoms with Gasteiger partial charge in [0.1, 0.15) is 0 Å². The molecule has 1 heterocycles. The van der Waals surface area contributed by atoms with Crippen LogP contribution in [0.1, 0.15) is 30.1 Å². The second kappa shape index (κ2) is 6.57. The van der Waals surface area contributed by atoms with Crippen LogP contribution in [-0.2, 0) is 0 Å². The molecule has 1 saturated heterocycles. The molecule has 1 aromatic carbocycles. The Hall–Kier alpha value is -2.75. The van der Waals surface area contributed by atoms with Crippen molar-refractivity contribution in [3.8, 4) is 0 Å². The lowest BCUT2D eigenvalue weighted by atomic mass is 9.98. The number of anilines is 1. The third kappa shape index (κ3) is 3.37. The van der Waals surface area contributed by atoms with Crippen LogP contribution in [0.15, 0.2) is 12.1 Å². The van der Waals surface area contributed by atoms with E-state index in [0.717, 1.165) is 25.0 Å². The van der Waals surface area contributed by atoms with E-state index in [4.69, 9.17) is 5.84 Å². The molecule has 1 aliphatic heterocycles. The number of piperidine rings is 1. The van der Waals surface area contributed by atoms with Crippen LogP contribution >= 0.6 is 0 Å². The number of hydrogen-bond donors (Lipinski definition) is 2. The van der Waals surface area contributed by atoms with Crippen molar-refractivity contribution in [2.24, 2.45) is 11.8 Å². The van der Waals surface area contributed by atoms with E-state index in [-0.39, 0.29) is 11.3 Å². The molecular weight excluding hydrogens is 306 g/mol. The van der Waals surface area contributed by atoms with E-state index in [1.54, 1.807) is 4.90 Å². The Balaban J connectivity index is 2.60. The Morgan fingerprint density at radius 3 is 2.09 bits per heavy atom. The van der Waals surface area contributed by atoms with Gasteiger partial charge in [-0.25, -0.2) is 5.84 Å². The second-order valence-corrected chi connectivity index (χ2v) is 5.52. The predicted octanol–water partition coefficient (Wildman–Crippen LogP) is 1.34. The van der Waals surface area contributed by atoms with Gasteiger partial charge in [-0.3, -0.25) is 30.4 Å². The van der Waals surface area contributed by atoms with Gasteiger partial charge < -0.3 is 4.90 Å². The highest BCUT2D eigenvalue weighted by Crippen LogP contribution is 2.40. The fourth-order valence-electron chi connectivity index (χ4n) is 2.65. The van der Waals surface area contributed by atoms with Crippen LogP contribution in [0.25, 0.3) is 0 Å². The number of rotatable bonds is 4. The Morgan fingerprint density at radius 2 is 1.70 bits per heavy atom. The largest absolute Gasteiger partial charge is 0.360 e. The Labute approximate surface area is 131 Å². The summed E-state index contributed by atoms with van der Waals surface area (Å²) in [6, 6.07) is 2.03. The molecule has 3 N–H and O–H groups in total. The van der Waals surface area contributed by atoms with Gasteiger partial charge >= 0.3 is 0 Å². The second-order valence-electron chi connectivity index (χ2n) is 5.52. The molecule has 124 valence electrons. The third-order valence-electron chi connectivity index (χ3n) is 3.96. The first-order valence-electron chi connectivity index (χ1n) is 7.07. The third-order valence-corrected chi connectivity index (χ3v) is 3.96. The van der Waals surface area contributed by atoms with Crippen molar-refractivity contribution < 1.29 is 14.6 Å². The molecular formula is C13H17N5O5. The first-order chi connectivity index (χ1) is 10.8. The molecule has 10 nitrogen and oxygen atoms in total. The van der Waals surface area contributed by atoms with Crippen molar-refractivity contribution in [1.82, 2.24) is 5.43 Å². The highest BCUT2D eigenvalue weighted by Gasteiger charge is 2.33. The van der Waals surface area contributed by atoms with Crippen LogP contribution in [0.3, 0.4) is 0 Å². The maximum Gasteiger partial charge on any atom is 0.300 e. The molecule has 0 unspecified atom stereocenters. The normalized spacial score (nSPS) is 15.3. The predicted molar refractivity (Wildman–Crippen MR) is 82.0 cm³/mol. The minimum absolute atomic E-state index is 0.0551. The lowest BCUT2D eigenvalue weighted by Gasteiger charge is -2.31. The lowest BCUT2D eigenvalue weighted by molar-refractivity contribution is -0.392. The molecule has 0 aliphatic carbocycles. The summed E-state index contributed by atoms with van der Waals surface area (Å²) in [6.45, 7) is 3.05. The van der Waals surface area contributed by atoms with Crippen molar-refractivity contribution in [3.63, 3.8) is 0 Å². The molecule has 1 amide bonds. The van der Waals surface area contributed by atoms with Gasteiger partial charge in [-0.1, -0.05) is 6.92 Å². The molecule has 23 heavy (non-hydrogen) atoms. The molecule has 10 heteroatoms. The first kappa shape index (κ1) is 16.6. The number of hydrogen-bond acceptors (Lipinski definition) is 7. The van der Waals surface area contributed by atoms with Crippen LogP contribution in [0, 0.1) is 26.1 Å². The fraction of sp³-hybridized carbons (Fsp3) is 0.462. The van der Waals surface area contributed by atoms with E-state index in [9.17, 15) is 25.0 Å². The van der Waals surface area contributed by atoms with Gasteiger partial charge in [0.25, 0.3) is 17.3 Å². The standard InChI is InChI=1S/C13H17N5O5/c1-8-2-4-16(5-3-8)12-10(17(20)21)6-9(13(19)15-14)7-11(12)18(22)23/h6-8H,2-5,14H2,1H3,(H,15,19). The van der Waals surface area contributed by atoms with Crippen molar-refractivity contribution in [1.29, 1.82) is 0 Å². The van der Waals surface area contributed by atoms with Gasteiger partial charge in [-0.15, -0.1) is 0 Å². The highest BCUT2D eigenvalue weighted by atomic mass is 16.6. The zero-order chi connectivity index (χ0) is 17.1. The Bertz CT molecular complexity index is 619. The molecule has 0 radical (unpaired) electrons. The number of carbonyl (C=O) groups is 1. The number of benzene rings is 1. The molecule has 0 bridgehead atoms. The number of nitrogens with two attached hydrogens (primary N) is 1. The number of nitrogens with one attached hydrogen (secondary N) is 1. The minimum Gasteiger partial charge on any atom is -0.360 e. The van der Waals surface area contributed by atoms with Crippen LogP contribution in [0.5, 0.6) is 0 Å². The maximum absolute atomic E-state index is 11.6. The van der Waals surface area contributed by atoms with Crippen LogP contribution in [0.2, 0.25) is 0 Å². The summed E-state index contributed by atoms with van der Waals surface area (Å²) >= 11 is 0. The molecule has 0 saturated carbocycles. The zero-order valence-electron chi connectivity index (χ0n) is 12.5. The van der Waals surface area contributed by atoms with Crippen LogP contribution in [0.4, 0.5) is 17.1 Å². The summed E-state index contributed by atoms with van der Waals surface area (Å²) < 4.78 is 0. The van der Waals surface area contributed by atoms with Crippen molar-refractivity contribution in [2.75, 3.05) is 18.0 Å². The average molecular weight is 323 g/mol. The van der Waals surface area contributed by atoms with E-state index < -0.39 is 27.1 Å². The molecule has 1 aliphatic rings. The number of nitrogens with zero attached hydrogens (tertiary/aromatic N) is 3. The van der Waals surface area contributed by atoms with Crippen molar-refractivity contribution in [2.45, 2.75) is 19.8 Å². The number of nitro benzene ring substituents is 2. The molecule has 0 spiro atoms. The zero-order valence-corrected chi connectivity index (χ0v) is 12.5. The Morgan fingerprint density at radius 1 is 1.22 bits per heavy atom. The minimum atomic E-state index is -0.824. The number of nitro groups is 2. The summed E-state index contributed by atoms with van der Waals surface area (Å²) in [7, 11) is 0. The molecule has 1 fully saturated rings. The van der Waals surface area contributed by atoms with E-state index in [0.29, 0.717) is 19.0 Å². The molecule has 2 rings (SSSR count). The van der Waals surface area contributed by atoms with Gasteiger partial charge in [-0.2, -0.15) is 0 Å². The topological polar surface area (TPSA) is 145 Å². The van der Waals surface area contributed by atoms with Crippen LogP contribution < -0.4 is 16.2 Å². The molecule has 0 aromatic heterocycles. The van der Waals surface area contributed by atoms with E-state index in [1.807, 2.05) is 5.43 Å². The smallest absolute Gasteiger partial charge is 0.300 e. The molecule has 0 atom stereocenters. The van der Waals surface area contributed by atoms with Gasteiger partial charge in [0, 0.05) is 25.2 Å². The lowest BCUT2D eigenvalue weighted by Crippen LogP contribution is -2.34. The SMILES string of the molecule is CC1CCN(c2c([N+](=O)[O-])cc(C(=O)NN)cc2[N+](=O)[O-])CC1. The summed E-state index contributed by atoms with van der Waals surface area (Å²) in [6.07, 6.45) is 1.58. The Kier molecular flexibility index (Phi) is 4.74. The van der Waals surface area contributed by atoms with Gasteiger partial charge in [-0.05, 0) is 18.8 Å². The van der Waals surface area contributed by atoms with Gasteiger partial charge in [0.2, 0.25) is 0 Å². The molecule has 1 aromatic rings. The van der Waals surface area contributed by atoms with Crippen LogP contribution in [-0.4, -0.2) is 28.8 Å². The highest BCUT2D eigenvalue weighted by molar-refractivity contribution is 5.97.